The number of imidazole rings is 1. The Hall–Kier alpha value is -4.18. The number of rotatable bonds is 6. The Morgan fingerprint density at radius 3 is 2.80 bits per heavy atom. The summed E-state index contributed by atoms with van der Waals surface area (Å²) in [7, 11) is 0. The second-order valence-electron chi connectivity index (χ2n) is 8.51. The van der Waals surface area contributed by atoms with Crippen LogP contribution in [0.5, 0.6) is 0 Å². The SMILES string of the molecule is NC(CC(=O)N1CCCC1c1cccc(F)c1)c1ccc(C(=O)Nc2ncnc3[nH]cnc23)cc1. The normalized spacial score (nSPS) is 16.4. The maximum atomic E-state index is 13.7. The number of hydrogen-bond acceptors (Lipinski definition) is 6. The number of carbonyl (C=O) groups excluding carboxylic acids is 2. The summed E-state index contributed by atoms with van der Waals surface area (Å²) in [6.45, 7) is 0.623. The molecule has 5 rings (SSSR count). The Kier molecular flexibility index (Phi) is 6.19. The molecule has 2 amide bonds. The molecule has 1 aliphatic rings. The van der Waals surface area contributed by atoms with Crippen molar-refractivity contribution in [3.05, 3.63) is 83.7 Å². The fourth-order valence-corrected chi connectivity index (χ4v) is 4.47. The lowest BCUT2D eigenvalue weighted by Gasteiger charge is -2.26. The molecular weight excluding hydrogens is 449 g/mol. The smallest absolute Gasteiger partial charge is 0.256 e. The first-order chi connectivity index (χ1) is 17.0. The Labute approximate surface area is 200 Å². The lowest BCUT2D eigenvalue weighted by atomic mass is 10.0. The van der Waals surface area contributed by atoms with Crippen molar-refractivity contribution in [3.63, 3.8) is 0 Å². The Balaban J connectivity index is 1.23. The number of likely N-dealkylation sites (tertiary alicyclic amines) is 1. The molecule has 4 N–H and O–H groups in total. The van der Waals surface area contributed by atoms with Gasteiger partial charge in [0.05, 0.1) is 12.4 Å². The summed E-state index contributed by atoms with van der Waals surface area (Å²) in [6, 6.07) is 12.5. The predicted octanol–water partition coefficient (Wildman–Crippen LogP) is 3.50. The lowest BCUT2D eigenvalue weighted by molar-refractivity contribution is -0.132. The van der Waals surface area contributed by atoms with Gasteiger partial charge in [0.25, 0.3) is 5.91 Å². The Morgan fingerprint density at radius 1 is 1.17 bits per heavy atom. The maximum Gasteiger partial charge on any atom is 0.256 e. The van der Waals surface area contributed by atoms with E-state index < -0.39 is 6.04 Å². The number of nitrogens with one attached hydrogen (secondary N) is 2. The largest absolute Gasteiger partial charge is 0.336 e. The number of nitrogens with zero attached hydrogens (tertiary/aromatic N) is 4. The number of carbonyl (C=O) groups is 2. The molecule has 1 aliphatic heterocycles. The van der Waals surface area contributed by atoms with Crippen LogP contribution in [0, 0.1) is 5.82 Å². The molecule has 0 spiro atoms. The standard InChI is InChI=1S/C25H24FN7O2/c26-18-4-1-3-17(11-18)20-5-2-10-33(20)21(34)12-19(27)15-6-8-16(9-7-15)25(35)32-24-22-23(29-13-28-22)30-14-31-24/h1,3-4,6-9,11,13-14,19-20H,2,5,10,12,27H2,(H2,28,29,30,31,32,35). The van der Waals surface area contributed by atoms with Crippen LogP contribution in [0.1, 0.15) is 52.8 Å². The number of benzene rings is 2. The first-order valence-electron chi connectivity index (χ1n) is 11.4. The van der Waals surface area contributed by atoms with Crippen LogP contribution in [0.4, 0.5) is 10.2 Å². The van der Waals surface area contributed by atoms with Gasteiger partial charge in [0.2, 0.25) is 5.91 Å². The molecule has 0 saturated carbocycles. The Morgan fingerprint density at radius 2 is 2.00 bits per heavy atom. The first-order valence-corrected chi connectivity index (χ1v) is 11.4. The van der Waals surface area contributed by atoms with Gasteiger partial charge in [-0.05, 0) is 48.2 Å². The number of nitrogens with two attached hydrogens (primary N) is 1. The average molecular weight is 474 g/mol. The van der Waals surface area contributed by atoms with Gasteiger partial charge in [-0.25, -0.2) is 19.3 Å². The van der Waals surface area contributed by atoms with Crippen LogP contribution in [0.2, 0.25) is 0 Å². The van der Waals surface area contributed by atoms with E-state index in [0.29, 0.717) is 29.1 Å². The molecule has 10 heteroatoms. The van der Waals surface area contributed by atoms with Crippen molar-refractivity contribution < 1.29 is 14.0 Å². The van der Waals surface area contributed by atoms with Gasteiger partial charge < -0.3 is 20.9 Å². The van der Waals surface area contributed by atoms with Crippen molar-refractivity contribution in [1.29, 1.82) is 0 Å². The summed E-state index contributed by atoms with van der Waals surface area (Å²) in [4.78, 5) is 42.6. The zero-order chi connectivity index (χ0) is 24.4. The van der Waals surface area contributed by atoms with Gasteiger partial charge in [-0.15, -0.1) is 0 Å². The van der Waals surface area contributed by atoms with Crippen molar-refractivity contribution in [1.82, 2.24) is 24.8 Å². The fourth-order valence-electron chi connectivity index (χ4n) is 4.47. The van der Waals surface area contributed by atoms with E-state index in [2.05, 4.69) is 25.3 Å². The summed E-state index contributed by atoms with van der Waals surface area (Å²) in [5.74, 6) is -0.417. The minimum Gasteiger partial charge on any atom is -0.336 e. The zero-order valence-electron chi connectivity index (χ0n) is 18.8. The monoisotopic (exact) mass is 473 g/mol. The molecule has 35 heavy (non-hydrogen) atoms. The molecule has 0 bridgehead atoms. The van der Waals surface area contributed by atoms with Gasteiger partial charge in [0.1, 0.15) is 12.1 Å². The van der Waals surface area contributed by atoms with Gasteiger partial charge in [0, 0.05) is 24.6 Å². The summed E-state index contributed by atoms with van der Waals surface area (Å²) in [6.07, 6.45) is 4.60. The second kappa shape index (κ2) is 9.59. The number of aromatic amines is 1. The van der Waals surface area contributed by atoms with Crippen LogP contribution in [0.3, 0.4) is 0 Å². The molecule has 1 saturated heterocycles. The maximum absolute atomic E-state index is 13.7. The lowest BCUT2D eigenvalue weighted by Crippen LogP contribution is -2.33. The van der Waals surface area contributed by atoms with Gasteiger partial charge in [0.15, 0.2) is 17.0 Å². The van der Waals surface area contributed by atoms with Crippen LogP contribution < -0.4 is 11.1 Å². The highest BCUT2D eigenvalue weighted by atomic mass is 19.1. The summed E-state index contributed by atoms with van der Waals surface area (Å²) >= 11 is 0. The third kappa shape index (κ3) is 4.73. The van der Waals surface area contributed by atoms with E-state index in [4.69, 9.17) is 5.73 Å². The minimum atomic E-state index is -0.529. The molecular formula is C25H24FN7O2. The molecule has 2 unspecified atom stereocenters. The Bertz CT molecular complexity index is 1370. The molecule has 4 aromatic rings. The highest BCUT2D eigenvalue weighted by Crippen LogP contribution is 2.33. The predicted molar refractivity (Wildman–Crippen MR) is 128 cm³/mol. The molecule has 2 aromatic carbocycles. The first kappa shape index (κ1) is 22.6. The average Bonchev–Trinajstić information content (AvgIpc) is 3.54. The zero-order valence-corrected chi connectivity index (χ0v) is 18.8. The molecule has 0 aliphatic carbocycles. The molecule has 3 heterocycles. The topological polar surface area (TPSA) is 130 Å². The number of amides is 2. The minimum absolute atomic E-state index is 0.0714. The van der Waals surface area contributed by atoms with E-state index >= 15 is 0 Å². The quantitative estimate of drug-likeness (QED) is 0.393. The summed E-state index contributed by atoms with van der Waals surface area (Å²) in [5.41, 5.74) is 9.29. The number of halogens is 1. The molecule has 1 fully saturated rings. The van der Waals surface area contributed by atoms with Crippen LogP contribution in [-0.2, 0) is 4.79 Å². The summed E-state index contributed by atoms with van der Waals surface area (Å²) < 4.78 is 13.7. The van der Waals surface area contributed by atoms with Crippen molar-refractivity contribution >= 4 is 28.8 Å². The molecule has 2 atom stereocenters. The third-order valence-electron chi connectivity index (χ3n) is 6.25. The van der Waals surface area contributed by atoms with Gasteiger partial charge in [-0.3, -0.25) is 9.59 Å². The van der Waals surface area contributed by atoms with Crippen LogP contribution >= 0.6 is 0 Å². The number of H-pyrrole nitrogens is 1. The van der Waals surface area contributed by atoms with E-state index in [1.54, 1.807) is 35.2 Å². The fraction of sp³-hybridized carbons (Fsp3) is 0.240. The number of hydrogen-bond donors (Lipinski definition) is 3. The molecule has 2 aromatic heterocycles. The molecule has 178 valence electrons. The van der Waals surface area contributed by atoms with Gasteiger partial charge in [-0.1, -0.05) is 24.3 Å². The number of anilines is 1. The van der Waals surface area contributed by atoms with E-state index in [1.807, 2.05) is 6.07 Å². The van der Waals surface area contributed by atoms with Crippen LogP contribution in [-0.4, -0.2) is 43.2 Å². The van der Waals surface area contributed by atoms with Crippen molar-refractivity contribution in [2.75, 3.05) is 11.9 Å². The van der Waals surface area contributed by atoms with Gasteiger partial charge in [-0.2, -0.15) is 0 Å². The highest BCUT2D eigenvalue weighted by Gasteiger charge is 2.31. The van der Waals surface area contributed by atoms with E-state index in [1.165, 1.54) is 24.8 Å². The summed E-state index contributed by atoms with van der Waals surface area (Å²) in [5, 5.41) is 2.74. The second-order valence-corrected chi connectivity index (χ2v) is 8.51. The third-order valence-corrected chi connectivity index (χ3v) is 6.25. The number of aromatic nitrogens is 4. The highest BCUT2D eigenvalue weighted by molar-refractivity contribution is 6.06. The van der Waals surface area contributed by atoms with Crippen molar-refractivity contribution in [2.24, 2.45) is 5.73 Å². The molecule has 0 radical (unpaired) electrons. The van der Waals surface area contributed by atoms with Crippen LogP contribution in [0.15, 0.2) is 61.2 Å². The molecule has 9 nitrogen and oxygen atoms in total. The van der Waals surface area contributed by atoms with Crippen LogP contribution in [0.25, 0.3) is 11.2 Å². The van der Waals surface area contributed by atoms with E-state index in [9.17, 15) is 14.0 Å². The van der Waals surface area contributed by atoms with E-state index in [-0.39, 0.29) is 30.1 Å². The number of fused-ring (bicyclic) bond motifs is 1. The van der Waals surface area contributed by atoms with E-state index in [0.717, 1.165) is 24.0 Å². The van der Waals surface area contributed by atoms with Crippen molar-refractivity contribution in [2.45, 2.75) is 31.3 Å². The van der Waals surface area contributed by atoms with Gasteiger partial charge >= 0.3 is 0 Å². The van der Waals surface area contributed by atoms with Crippen molar-refractivity contribution in [3.8, 4) is 0 Å².